The molecule has 1 aromatic carbocycles. The molecule has 1 aromatic heterocycles. The Labute approximate surface area is 131 Å². The van der Waals surface area contributed by atoms with Gasteiger partial charge in [-0.15, -0.1) is 0 Å². The van der Waals surface area contributed by atoms with E-state index in [1.807, 2.05) is 24.3 Å². The van der Waals surface area contributed by atoms with Crippen molar-refractivity contribution in [2.45, 2.75) is 19.5 Å². The van der Waals surface area contributed by atoms with E-state index in [1.165, 1.54) is 5.56 Å². The molecule has 0 radical (unpaired) electrons. The van der Waals surface area contributed by atoms with Crippen LogP contribution in [-0.2, 0) is 6.54 Å². The van der Waals surface area contributed by atoms with Crippen LogP contribution in [0.15, 0.2) is 36.7 Å². The molecule has 22 heavy (non-hydrogen) atoms. The van der Waals surface area contributed by atoms with E-state index in [2.05, 4.69) is 17.2 Å². The van der Waals surface area contributed by atoms with E-state index in [4.69, 9.17) is 14.2 Å². The maximum absolute atomic E-state index is 5.37. The van der Waals surface area contributed by atoms with Crippen LogP contribution in [0.5, 0.6) is 17.2 Å². The molecule has 0 fully saturated rings. The summed E-state index contributed by atoms with van der Waals surface area (Å²) >= 11 is 0. The van der Waals surface area contributed by atoms with E-state index in [9.17, 15) is 0 Å². The number of nitrogens with one attached hydrogen (secondary N) is 1. The largest absolute Gasteiger partial charge is 0.493 e. The second kappa shape index (κ2) is 7.66. The van der Waals surface area contributed by atoms with Crippen LogP contribution in [0.1, 0.15) is 24.1 Å². The minimum Gasteiger partial charge on any atom is -0.493 e. The first-order valence-electron chi connectivity index (χ1n) is 7.11. The summed E-state index contributed by atoms with van der Waals surface area (Å²) in [6.45, 7) is 2.81. The van der Waals surface area contributed by atoms with E-state index in [1.54, 1.807) is 33.7 Å². The molecule has 1 N–H and O–H groups in total. The standard InChI is InChI=1S/C17H22N2O3/c1-12(14-5-7-18-8-6-14)19-11-13-9-15(20-2)17(22-4)16(10-13)21-3/h5-10,12,19H,11H2,1-4H3/t12-/m0/s1. The van der Waals surface area contributed by atoms with Gasteiger partial charge < -0.3 is 19.5 Å². The fourth-order valence-electron chi connectivity index (χ4n) is 2.28. The summed E-state index contributed by atoms with van der Waals surface area (Å²) in [5.41, 5.74) is 2.26. The van der Waals surface area contributed by atoms with Gasteiger partial charge in [0.25, 0.3) is 0 Å². The monoisotopic (exact) mass is 302 g/mol. The smallest absolute Gasteiger partial charge is 0.203 e. The Morgan fingerprint density at radius 1 is 1.00 bits per heavy atom. The molecular formula is C17H22N2O3. The summed E-state index contributed by atoms with van der Waals surface area (Å²) < 4.78 is 16.1. The number of aromatic nitrogens is 1. The van der Waals surface area contributed by atoms with Gasteiger partial charge in [0.2, 0.25) is 5.75 Å². The highest BCUT2D eigenvalue weighted by Crippen LogP contribution is 2.38. The van der Waals surface area contributed by atoms with Gasteiger partial charge in [-0.2, -0.15) is 0 Å². The molecule has 0 spiro atoms. The summed E-state index contributed by atoms with van der Waals surface area (Å²) in [5.74, 6) is 1.93. The first-order chi connectivity index (χ1) is 10.7. The summed E-state index contributed by atoms with van der Waals surface area (Å²) in [6, 6.07) is 8.14. The van der Waals surface area contributed by atoms with Crippen molar-refractivity contribution in [2.24, 2.45) is 0 Å². The third-order valence-electron chi connectivity index (χ3n) is 3.54. The van der Waals surface area contributed by atoms with Crippen LogP contribution in [0.3, 0.4) is 0 Å². The SMILES string of the molecule is COc1cc(CN[C@@H](C)c2ccncc2)cc(OC)c1OC. The molecule has 5 heteroatoms. The Kier molecular flexibility index (Phi) is 5.61. The van der Waals surface area contributed by atoms with E-state index in [0.29, 0.717) is 23.8 Å². The molecule has 0 aliphatic carbocycles. The normalized spacial score (nSPS) is 11.8. The molecule has 0 bridgehead atoms. The van der Waals surface area contributed by atoms with Crippen LogP contribution in [-0.4, -0.2) is 26.3 Å². The molecule has 0 aliphatic rings. The van der Waals surface area contributed by atoms with Crippen molar-refractivity contribution in [1.82, 2.24) is 10.3 Å². The van der Waals surface area contributed by atoms with Gasteiger partial charge in [-0.25, -0.2) is 0 Å². The van der Waals surface area contributed by atoms with Crippen LogP contribution in [0, 0.1) is 0 Å². The van der Waals surface area contributed by atoms with Crippen LogP contribution < -0.4 is 19.5 Å². The molecule has 0 unspecified atom stereocenters. The number of benzene rings is 1. The Morgan fingerprint density at radius 3 is 2.09 bits per heavy atom. The van der Waals surface area contributed by atoms with Gasteiger partial charge in [0.05, 0.1) is 21.3 Å². The van der Waals surface area contributed by atoms with Crippen molar-refractivity contribution in [3.8, 4) is 17.2 Å². The van der Waals surface area contributed by atoms with E-state index >= 15 is 0 Å². The van der Waals surface area contributed by atoms with Crippen LogP contribution >= 0.6 is 0 Å². The third kappa shape index (κ3) is 3.68. The lowest BCUT2D eigenvalue weighted by Crippen LogP contribution is -2.18. The van der Waals surface area contributed by atoms with Gasteiger partial charge in [0, 0.05) is 25.0 Å². The summed E-state index contributed by atoms with van der Waals surface area (Å²) in [6.07, 6.45) is 3.60. The summed E-state index contributed by atoms with van der Waals surface area (Å²) in [5, 5.41) is 3.48. The highest BCUT2D eigenvalue weighted by Gasteiger charge is 2.13. The zero-order chi connectivity index (χ0) is 15.9. The van der Waals surface area contributed by atoms with Gasteiger partial charge in [-0.1, -0.05) is 0 Å². The van der Waals surface area contributed by atoms with Crippen molar-refractivity contribution >= 4 is 0 Å². The molecule has 1 atom stereocenters. The van der Waals surface area contributed by atoms with Crippen molar-refractivity contribution < 1.29 is 14.2 Å². The average molecular weight is 302 g/mol. The summed E-state index contributed by atoms with van der Waals surface area (Å²) in [7, 11) is 4.84. The zero-order valence-electron chi connectivity index (χ0n) is 13.4. The highest BCUT2D eigenvalue weighted by atomic mass is 16.5. The van der Waals surface area contributed by atoms with Crippen molar-refractivity contribution in [1.29, 1.82) is 0 Å². The number of pyridine rings is 1. The van der Waals surface area contributed by atoms with Gasteiger partial charge in [0.1, 0.15) is 0 Å². The second-order valence-corrected chi connectivity index (χ2v) is 4.92. The number of methoxy groups -OCH3 is 3. The second-order valence-electron chi connectivity index (χ2n) is 4.92. The molecule has 5 nitrogen and oxygen atoms in total. The Morgan fingerprint density at radius 2 is 1.59 bits per heavy atom. The minimum atomic E-state index is 0.224. The zero-order valence-corrected chi connectivity index (χ0v) is 13.4. The maximum Gasteiger partial charge on any atom is 0.203 e. The number of ether oxygens (including phenoxy) is 3. The van der Waals surface area contributed by atoms with Crippen molar-refractivity contribution in [3.63, 3.8) is 0 Å². The first-order valence-corrected chi connectivity index (χ1v) is 7.11. The quantitative estimate of drug-likeness (QED) is 0.852. The highest BCUT2D eigenvalue weighted by molar-refractivity contribution is 5.53. The van der Waals surface area contributed by atoms with Gasteiger partial charge >= 0.3 is 0 Å². The lowest BCUT2D eigenvalue weighted by molar-refractivity contribution is 0.323. The number of nitrogens with zero attached hydrogens (tertiary/aromatic N) is 1. The van der Waals surface area contributed by atoms with E-state index in [-0.39, 0.29) is 6.04 Å². The van der Waals surface area contributed by atoms with Crippen LogP contribution in [0.25, 0.3) is 0 Å². The van der Waals surface area contributed by atoms with Gasteiger partial charge in [-0.05, 0) is 42.3 Å². The summed E-state index contributed by atoms with van der Waals surface area (Å²) in [4.78, 5) is 4.04. The van der Waals surface area contributed by atoms with Gasteiger partial charge in [-0.3, -0.25) is 4.98 Å². The van der Waals surface area contributed by atoms with E-state index < -0.39 is 0 Å². The average Bonchev–Trinajstić information content (AvgIpc) is 2.59. The molecular weight excluding hydrogens is 280 g/mol. The molecule has 1 heterocycles. The van der Waals surface area contributed by atoms with Crippen molar-refractivity contribution in [3.05, 3.63) is 47.8 Å². The molecule has 0 saturated carbocycles. The lowest BCUT2D eigenvalue weighted by atomic mass is 10.1. The van der Waals surface area contributed by atoms with Crippen LogP contribution in [0.4, 0.5) is 0 Å². The third-order valence-corrected chi connectivity index (χ3v) is 3.54. The first kappa shape index (κ1) is 16.1. The van der Waals surface area contributed by atoms with Crippen LogP contribution in [0.2, 0.25) is 0 Å². The number of hydrogen-bond donors (Lipinski definition) is 1. The topological polar surface area (TPSA) is 52.6 Å². The molecule has 0 amide bonds. The molecule has 2 rings (SSSR count). The molecule has 0 aliphatic heterocycles. The Hall–Kier alpha value is -2.27. The van der Waals surface area contributed by atoms with Gasteiger partial charge in [0.15, 0.2) is 11.5 Å². The van der Waals surface area contributed by atoms with E-state index in [0.717, 1.165) is 5.56 Å². The Balaban J connectivity index is 2.13. The molecule has 2 aromatic rings. The number of rotatable bonds is 7. The predicted octanol–water partition coefficient (Wildman–Crippen LogP) is 2.96. The number of hydrogen-bond acceptors (Lipinski definition) is 5. The lowest BCUT2D eigenvalue weighted by Gasteiger charge is -2.17. The predicted molar refractivity (Wildman–Crippen MR) is 85.6 cm³/mol. The fraction of sp³-hybridized carbons (Fsp3) is 0.353. The maximum atomic E-state index is 5.37. The molecule has 118 valence electrons. The molecule has 0 saturated heterocycles. The minimum absolute atomic E-state index is 0.224. The Bertz CT molecular complexity index is 577. The van der Waals surface area contributed by atoms with Crippen molar-refractivity contribution in [2.75, 3.05) is 21.3 Å². The fourth-order valence-corrected chi connectivity index (χ4v) is 2.28.